The summed E-state index contributed by atoms with van der Waals surface area (Å²) in [6, 6.07) is 5.87. The molecule has 2 aromatic rings. The first-order chi connectivity index (χ1) is 10.2. The molecular formula is C14H16ClN3OS2. The van der Waals surface area contributed by atoms with E-state index in [0.29, 0.717) is 6.10 Å². The summed E-state index contributed by atoms with van der Waals surface area (Å²) in [6.45, 7) is 2.87. The lowest BCUT2D eigenvalue weighted by Crippen LogP contribution is -2.07. The summed E-state index contributed by atoms with van der Waals surface area (Å²) >= 11 is 9.38. The van der Waals surface area contributed by atoms with Gasteiger partial charge in [-0.2, -0.15) is 0 Å². The van der Waals surface area contributed by atoms with Crippen LogP contribution in [0.3, 0.4) is 0 Å². The van der Waals surface area contributed by atoms with E-state index >= 15 is 0 Å². The molecule has 1 fully saturated rings. The molecule has 1 saturated heterocycles. The lowest BCUT2D eigenvalue weighted by molar-refractivity contribution is 0.129. The van der Waals surface area contributed by atoms with E-state index in [0.717, 1.165) is 44.5 Å². The molecule has 1 N–H and O–H groups in total. The third kappa shape index (κ3) is 4.10. The first-order valence-electron chi connectivity index (χ1n) is 6.82. The van der Waals surface area contributed by atoms with Crippen molar-refractivity contribution >= 4 is 45.5 Å². The van der Waals surface area contributed by atoms with Crippen LogP contribution in [0.1, 0.15) is 18.4 Å². The molecule has 1 aromatic heterocycles. The molecule has 0 radical (unpaired) electrons. The maximum Gasteiger partial charge on any atom is 0.210 e. The minimum absolute atomic E-state index is 0.367. The first-order valence-corrected chi connectivity index (χ1v) is 9.00. The van der Waals surface area contributed by atoms with Crippen LogP contribution in [0.25, 0.3) is 0 Å². The molecule has 3 rings (SSSR count). The van der Waals surface area contributed by atoms with Crippen LogP contribution in [-0.4, -0.2) is 28.7 Å². The van der Waals surface area contributed by atoms with Gasteiger partial charge in [-0.05, 0) is 37.5 Å². The summed E-state index contributed by atoms with van der Waals surface area (Å²) in [5.74, 6) is 0.949. The van der Waals surface area contributed by atoms with Gasteiger partial charge in [0.15, 0.2) is 4.34 Å². The van der Waals surface area contributed by atoms with Gasteiger partial charge in [-0.3, -0.25) is 0 Å². The highest BCUT2D eigenvalue weighted by atomic mass is 35.5. The van der Waals surface area contributed by atoms with Gasteiger partial charge in [0.2, 0.25) is 5.13 Å². The summed E-state index contributed by atoms with van der Waals surface area (Å²) in [6.07, 6.45) is 2.69. The molecule has 1 aliphatic heterocycles. The second-order valence-electron chi connectivity index (χ2n) is 4.91. The summed E-state index contributed by atoms with van der Waals surface area (Å²) < 4.78 is 6.57. The highest BCUT2D eigenvalue weighted by Gasteiger charge is 2.16. The second-order valence-corrected chi connectivity index (χ2v) is 7.56. The van der Waals surface area contributed by atoms with E-state index < -0.39 is 0 Å². The summed E-state index contributed by atoms with van der Waals surface area (Å²) in [5, 5.41) is 13.1. The van der Waals surface area contributed by atoms with Crippen molar-refractivity contribution < 1.29 is 4.74 Å². The van der Waals surface area contributed by atoms with Gasteiger partial charge in [-0.1, -0.05) is 40.8 Å². The van der Waals surface area contributed by atoms with Crippen LogP contribution in [0.15, 0.2) is 22.5 Å². The van der Waals surface area contributed by atoms with Gasteiger partial charge in [0.1, 0.15) is 0 Å². The predicted molar refractivity (Wildman–Crippen MR) is 89.1 cm³/mol. The number of aryl methyl sites for hydroxylation is 1. The number of rotatable bonds is 5. The van der Waals surface area contributed by atoms with Crippen LogP contribution >= 0.6 is 34.7 Å². The number of aromatic nitrogens is 2. The Labute approximate surface area is 137 Å². The van der Waals surface area contributed by atoms with Gasteiger partial charge in [0.25, 0.3) is 0 Å². The van der Waals surface area contributed by atoms with Crippen LogP contribution in [-0.2, 0) is 4.74 Å². The van der Waals surface area contributed by atoms with Crippen LogP contribution in [0, 0.1) is 6.92 Å². The zero-order valence-corrected chi connectivity index (χ0v) is 14.0. The first kappa shape index (κ1) is 15.1. The number of ether oxygens (including phenoxy) is 1. The quantitative estimate of drug-likeness (QED) is 0.810. The van der Waals surface area contributed by atoms with E-state index in [1.807, 2.05) is 25.1 Å². The number of halogens is 1. The highest BCUT2D eigenvalue weighted by molar-refractivity contribution is 8.01. The molecule has 0 saturated carbocycles. The van der Waals surface area contributed by atoms with E-state index in [-0.39, 0.29) is 0 Å². The van der Waals surface area contributed by atoms with Crippen molar-refractivity contribution in [2.75, 3.05) is 17.7 Å². The number of hydrogen-bond acceptors (Lipinski definition) is 6. The summed E-state index contributed by atoms with van der Waals surface area (Å²) in [4.78, 5) is 0. The maximum absolute atomic E-state index is 6.12. The monoisotopic (exact) mass is 341 g/mol. The summed E-state index contributed by atoms with van der Waals surface area (Å²) in [7, 11) is 0. The SMILES string of the molecule is Cc1ccc(Nc2nnc(SC[C@@H]3CCCO3)s2)cc1Cl. The van der Waals surface area contributed by atoms with Gasteiger partial charge >= 0.3 is 0 Å². The fraction of sp³-hybridized carbons (Fsp3) is 0.429. The van der Waals surface area contributed by atoms with Crippen molar-refractivity contribution in [1.29, 1.82) is 0 Å². The molecule has 0 amide bonds. The topological polar surface area (TPSA) is 47.0 Å². The summed E-state index contributed by atoms with van der Waals surface area (Å²) in [5.41, 5.74) is 1.99. The van der Waals surface area contributed by atoms with Crippen molar-refractivity contribution in [3.63, 3.8) is 0 Å². The van der Waals surface area contributed by atoms with Gasteiger partial charge in [-0.15, -0.1) is 10.2 Å². The molecule has 0 unspecified atom stereocenters. The van der Waals surface area contributed by atoms with Gasteiger partial charge in [0.05, 0.1) is 6.10 Å². The third-order valence-electron chi connectivity index (χ3n) is 3.25. The number of hydrogen-bond donors (Lipinski definition) is 1. The highest BCUT2D eigenvalue weighted by Crippen LogP contribution is 2.30. The van der Waals surface area contributed by atoms with E-state index in [1.54, 1.807) is 23.1 Å². The van der Waals surface area contributed by atoms with Crippen molar-refractivity contribution in [3.05, 3.63) is 28.8 Å². The second kappa shape index (κ2) is 6.96. The fourth-order valence-corrected chi connectivity index (χ4v) is 4.10. The molecule has 21 heavy (non-hydrogen) atoms. The van der Waals surface area contributed by atoms with E-state index in [9.17, 15) is 0 Å². The van der Waals surface area contributed by atoms with Crippen LogP contribution < -0.4 is 5.32 Å². The molecule has 1 aliphatic rings. The third-order valence-corrected chi connectivity index (χ3v) is 5.76. The molecule has 2 heterocycles. The molecule has 1 aromatic carbocycles. The number of thioether (sulfide) groups is 1. The number of benzene rings is 1. The predicted octanol–water partition coefficient (Wildman–Crippen LogP) is 4.51. The average Bonchev–Trinajstić information content (AvgIpc) is 3.12. The van der Waals surface area contributed by atoms with Gasteiger partial charge < -0.3 is 10.1 Å². The van der Waals surface area contributed by atoms with Crippen molar-refractivity contribution in [2.45, 2.75) is 30.2 Å². The Hall–Kier alpha value is -0.820. The molecule has 7 heteroatoms. The van der Waals surface area contributed by atoms with Gasteiger partial charge in [-0.25, -0.2) is 0 Å². The van der Waals surface area contributed by atoms with Gasteiger partial charge in [0, 0.05) is 23.1 Å². The van der Waals surface area contributed by atoms with E-state index in [2.05, 4.69) is 15.5 Å². The Morgan fingerprint density at radius 2 is 2.38 bits per heavy atom. The normalized spacial score (nSPS) is 18.1. The number of nitrogens with zero attached hydrogens (tertiary/aromatic N) is 2. The minimum atomic E-state index is 0.367. The van der Waals surface area contributed by atoms with Crippen molar-refractivity contribution in [3.8, 4) is 0 Å². The maximum atomic E-state index is 6.12. The minimum Gasteiger partial charge on any atom is -0.377 e. The van der Waals surface area contributed by atoms with Crippen LogP contribution in [0.5, 0.6) is 0 Å². The van der Waals surface area contributed by atoms with Crippen LogP contribution in [0.4, 0.5) is 10.8 Å². The molecule has 4 nitrogen and oxygen atoms in total. The average molecular weight is 342 g/mol. The van der Waals surface area contributed by atoms with E-state index in [4.69, 9.17) is 16.3 Å². The largest absolute Gasteiger partial charge is 0.377 e. The lowest BCUT2D eigenvalue weighted by atomic mass is 10.2. The number of anilines is 2. The molecular weight excluding hydrogens is 326 g/mol. The smallest absolute Gasteiger partial charge is 0.210 e. The number of nitrogens with one attached hydrogen (secondary N) is 1. The fourth-order valence-electron chi connectivity index (χ4n) is 2.05. The zero-order chi connectivity index (χ0) is 14.7. The Bertz CT molecular complexity index is 614. The standard InChI is InChI=1S/C14H16ClN3OS2/c1-9-4-5-10(7-12(9)15)16-13-17-18-14(21-13)20-8-11-3-2-6-19-11/h4-5,7,11H,2-3,6,8H2,1H3,(H,16,17)/t11-/m0/s1. The Morgan fingerprint density at radius 3 is 3.14 bits per heavy atom. The molecule has 0 spiro atoms. The van der Waals surface area contributed by atoms with Crippen LogP contribution in [0.2, 0.25) is 5.02 Å². The van der Waals surface area contributed by atoms with Crippen molar-refractivity contribution in [2.24, 2.45) is 0 Å². The molecule has 1 atom stereocenters. The Balaban J connectivity index is 1.57. The zero-order valence-electron chi connectivity index (χ0n) is 11.6. The van der Waals surface area contributed by atoms with E-state index in [1.165, 1.54) is 6.42 Å². The molecule has 0 bridgehead atoms. The molecule has 0 aliphatic carbocycles. The Kier molecular flexibility index (Phi) is 5.00. The molecule has 112 valence electrons. The van der Waals surface area contributed by atoms with Crippen molar-refractivity contribution in [1.82, 2.24) is 10.2 Å². The Morgan fingerprint density at radius 1 is 1.48 bits per heavy atom. The lowest BCUT2D eigenvalue weighted by Gasteiger charge is -2.05.